The third kappa shape index (κ3) is 4.08. The molecule has 192 valence electrons. The van der Waals surface area contributed by atoms with Crippen LogP contribution in [0.25, 0.3) is 0 Å². The van der Waals surface area contributed by atoms with Crippen LogP contribution in [0.5, 0.6) is 0 Å². The van der Waals surface area contributed by atoms with Crippen LogP contribution >= 0.6 is 0 Å². The third-order valence-electron chi connectivity index (χ3n) is 5.01. The summed E-state index contributed by atoms with van der Waals surface area (Å²) in [6.07, 6.45) is 0. The molecule has 16 nitrogen and oxygen atoms in total. The molecular weight excluding hydrogens is 572 g/mol. The summed E-state index contributed by atoms with van der Waals surface area (Å²) in [5, 5.41) is 4.30. The zero-order chi connectivity index (χ0) is 27.2. The van der Waals surface area contributed by atoms with Crippen molar-refractivity contribution < 1.29 is 61.5 Å². The van der Waals surface area contributed by atoms with Crippen molar-refractivity contribution in [3.8, 4) is 0 Å². The Balaban J connectivity index is 2.01. The van der Waals surface area contributed by atoms with Gasteiger partial charge in [-0.15, -0.1) is 0 Å². The molecule has 0 atom stereocenters. The molecule has 2 aromatic rings. The van der Waals surface area contributed by atoms with Gasteiger partial charge in [0.1, 0.15) is 26.1 Å². The Hall–Kier alpha value is -3.24. The molecule has 0 fully saturated rings. The predicted octanol–water partition coefficient (Wildman–Crippen LogP) is -0.198. The van der Waals surface area contributed by atoms with Gasteiger partial charge in [0.05, 0.1) is 27.4 Å². The third-order valence-corrected chi connectivity index (χ3v) is 8.51. The van der Waals surface area contributed by atoms with Crippen LogP contribution in [0.3, 0.4) is 0 Å². The zero-order valence-electron chi connectivity index (χ0n) is 16.8. The van der Waals surface area contributed by atoms with Crippen LogP contribution in [0.15, 0.2) is 55.2 Å². The lowest BCUT2D eigenvalue weighted by Crippen LogP contribution is -2.14. The molecule has 2 aromatic carbocycles. The van der Waals surface area contributed by atoms with Crippen molar-refractivity contribution in [2.24, 2.45) is 0 Å². The van der Waals surface area contributed by atoms with Crippen LogP contribution in [0.2, 0.25) is 0 Å². The monoisotopic (exact) mass is 582 g/mol. The SMILES string of the molecule is O=C1/C(=C2\Nc3c(S(=O)(=O)O)ccc(S(=O)(=O)O)c3C2=O)Nc2c1cc(S(=O)(=O)O)cc2S(=O)(=O)O. The minimum Gasteiger partial charge on any atom is -0.349 e. The van der Waals surface area contributed by atoms with Crippen molar-refractivity contribution in [1.29, 1.82) is 0 Å². The van der Waals surface area contributed by atoms with Crippen molar-refractivity contribution in [3.05, 3.63) is 46.8 Å². The average molecular weight is 583 g/mol. The van der Waals surface area contributed by atoms with Crippen LogP contribution in [0.4, 0.5) is 11.4 Å². The van der Waals surface area contributed by atoms with E-state index in [0.29, 0.717) is 24.3 Å². The first-order valence-electron chi connectivity index (χ1n) is 8.85. The molecule has 2 heterocycles. The van der Waals surface area contributed by atoms with E-state index in [0.717, 1.165) is 0 Å². The van der Waals surface area contributed by atoms with Gasteiger partial charge in [-0.05, 0) is 24.3 Å². The number of allylic oxidation sites excluding steroid dienone is 2. The molecule has 0 amide bonds. The number of nitrogens with one attached hydrogen (secondary N) is 2. The Morgan fingerprint density at radius 3 is 1.53 bits per heavy atom. The van der Waals surface area contributed by atoms with Gasteiger partial charge < -0.3 is 10.6 Å². The summed E-state index contributed by atoms with van der Waals surface area (Å²) in [7, 11) is -20.6. The van der Waals surface area contributed by atoms with E-state index in [1.165, 1.54) is 0 Å². The van der Waals surface area contributed by atoms with Crippen LogP contribution < -0.4 is 10.6 Å². The quantitative estimate of drug-likeness (QED) is 0.201. The summed E-state index contributed by atoms with van der Waals surface area (Å²) >= 11 is 0. The molecule has 2 aliphatic rings. The second kappa shape index (κ2) is 7.63. The Morgan fingerprint density at radius 1 is 0.556 bits per heavy atom. The van der Waals surface area contributed by atoms with E-state index in [9.17, 15) is 61.5 Å². The molecule has 0 spiro atoms. The predicted molar refractivity (Wildman–Crippen MR) is 115 cm³/mol. The van der Waals surface area contributed by atoms with Crippen LogP contribution in [-0.2, 0) is 40.5 Å². The Bertz CT molecular complexity index is 1900. The summed E-state index contributed by atoms with van der Waals surface area (Å²) < 4.78 is 131. The fourth-order valence-corrected chi connectivity index (χ4v) is 6.22. The molecule has 0 unspecified atom stereocenters. The number of rotatable bonds is 4. The Labute approximate surface area is 201 Å². The number of carbonyl (C=O) groups is 2. The first-order valence-corrected chi connectivity index (χ1v) is 14.6. The van der Waals surface area contributed by atoms with Gasteiger partial charge in [0.15, 0.2) is 0 Å². The van der Waals surface area contributed by atoms with Gasteiger partial charge in [0.2, 0.25) is 11.6 Å². The lowest BCUT2D eigenvalue weighted by Gasteiger charge is -2.08. The van der Waals surface area contributed by atoms with Crippen LogP contribution in [-0.4, -0.2) is 63.4 Å². The van der Waals surface area contributed by atoms with Crippen molar-refractivity contribution >= 4 is 63.4 Å². The first-order chi connectivity index (χ1) is 16.2. The molecule has 0 aromatic heterocycles. The van der Waals surface area contributed by atoms with Gasteiger partial charge >= 0.3 is 0 Å². The highest BCUT2D eigenvalue weighted by Crippen LogP contribution is 2.43. The summed E-state index contributed by atoms with van der Waals surface area (Å²) in [6.45, 7) is 0. The maximum Gasteiger partial charge on any atom is 0.296 e. The average Bonchev–Trinajstić information content (AvgIpc) is 3.21. The fraction of sp³-hybridized carbons (Fsp3) is 0. The van der Waals surface area contributed by atoms with Gasteiger partial charge in [-0.3, -0.25) is 27.8 Å². The Kier molecular flexibility index (Phi) is 5.48. The van der Waals surface area contributed by atoms with E-state index >= 15 is 0 Å². The number of carbonyl (C=O) groups excluding carboxylic acids is 2. The van der Waals surface area contributed by atoms with E-state index in [-0.39, 0.29) is 0 Å². The number of ketones is 2. The van der Waals surface area contributed by atoms with E-state index in [1.807, 2.05) is 0 Å². The van der Waals surface area contributed by atoms with Gasteiger partial charge in [-0.25, -0.2) is 0 Å². The summed E-state index contributed by atoms with van der Waals surface area (Å²) in [5.41, 5.74) is -5.08. The molecule has 0 radical (unpaired) electrons. The highest BCUT2D eigenvalue weighted by atomic mass is 32.2. The number of hydrogen-bond donors (Lipinski definition) is 6. The molecule has 6 N–H and O–H groups in total. The topological polar surface area (TPSA) is 276 Å². The van der Waals surface area contributed by atoms with E-state index in [1.54, 1.807) is 0 Å². The first kappa shape index (κ1) is 25.8. The lowest BCUT2D eigenvalue weighted by molar-refractivity contribution is 0.101. The minimum absolute atomic E-state index is 0.308. The molecule has 0 saturated heterocycles. The number of fused-ring (bicyclic) bond motifs is 2. The molecule has 0 saturated carbocycles. The van der Waals surface area contributed by atoms with Crippen LogP contribution in [0.1, 0.15) is 20.7 Å². The molecular formula is C16H10N2O14S4. The van der Waals surface area contributed by atoms with Crippen molar-refractivity contribution in [3.63, 3.8) is 0 Å². The summed E-state index contributed by atoms with van der Waals surface area (Å²) in [5.74, 6) is -2.71. The van der Waals surface area contributed by atoms with Gasteiger partial charge in [-0.2, -0.15) is 33.7 Å². The largest absolute Gasteiger partial charge is 0.349 e. The van der Waals surface area contributed by atoms with Gasteiger partial charge in [0.25, 0.3) is 40.5 Å². The molecule has 0 aliphatic carbocycles. The number of anilines is 2. The summed E-state index contributed by atoms with van der Waals surface area (Å²) in [6, 6.07) is 1.86. The minimum atomic E-state index is -5.24. The van der Waals surface area contributed by atoms with Crippen LogP contribution in [0, 0.1) is 0 Å². The second-order valence-corrected chi connectivity index (χ2v) is 12.8. The van der Waals surface area contributed by atoms with Crippen molar-refractivity contribution in [1.82, 2.24) is 0 Å². The molecule has 20 heteroatoms. The fourth-order valence-electron chi connectivity index (χ4n) is 3.57. The second-order valence-electron chi connectivity index (χ2n) is 7.21. The smallest absolute Gasteiger partial charge is 0.296 e. The van der Waals surface area contributed by atoms with E-state index in [4.69, 9.17) is 0 Å². The zero-order valence-corrected chi connectivity index (χ0v) is 20.1. The highest BCUT2D eigenvalue weighted by Gasteiger charge is 2.42. The van der Waals surface area contributed by atoms with Gasteiger partial charge in [-0.1, -0.05) is 0 Å². The van der Waals surface area contributed by atoms with Gasteiger partial charge in [0, 0.05) is 0 Å². The van der Waals surface area contributed by atoms with Crippen molar-refractivity contribution in [2.75, 3.05) is 10.6 Å². The lowest BCUT2D eigenvalue weighted by atomic mass is 10.1. The maximum atomic E-state index is 13.1. The van der Waals surface area contributed by atoms with E-state index < -0.39 is 106 Å². The van der Waals surface area contributed by atoms with E-state index in [2.05, 4.69) is 10.6 Å². The normalized spacial score (nSPS) is 18.0. The number of hydrogen-bond acceptors (Lipinski definition) is 12. The number of benzene rings is 2. The molecule has 0 bridgehead atoms. The highest BCUT2D eigenvalue weighted by molar-refractivity contribution is 7.87. The standard InChI is InChI=1S/C16H10N2O14S4/c19-15-6-3-5(33(21,22)23)4-9(36(30,31)32)11(6)17-13(15)14-16(20)10-7(34(24,25)26)1-2-8(12(10)18-14)35(27,28)29/h1-4,17-18H,(H,21,22,23)(H,24,25,26)(H,27,28,29)(H,30,31,32)/b14-13+. The maximum absolute atomic E-state index is 13.1. The number of Topliss-reactive ketones (excluding diaryl/α,β-unsaturated/α-hetero) is 2. The van der Waals surface area contributed by atoms with Crippen molar-refractivity contribution in [2.45, 2.75) is 19.6 Å². The summed E-state index contributed by atoms with van der Waals surface area (Å²) in [4.78, 5) is 21.6. The molecule has 36 heavy (non-hydrogen) atoms. The Morgan fingerprint density at radius 2 is 1.03 bits per heavy atom. The molecule has 2 aliphatic heterocycles. The molecule has 4 rings (SSSR count).